The van der Waals surface area contributed by atoms with Crippen LogP contribution in [0.1, 0.15) is 25.0 Å². The van der Waals surface area contributed by atoms with Crippen molar-refractivity contribution in [3.05, 3.63) is 57.6 Å². The van der Waals surface area contributed by atoms with E-state index in [1.54, 1.807) is 25.1 Å². The first-order valence-corrected chi connectivity index (χ1v) is 8.97. The number of nitrogens with one attached hydrogen (secondary N) is 1. The minimum absolute atomic E-state index is 0.262. The zero-order chi connectivity index (χ0) is 18.2. The maximum absolute atomic E-state index is 9.31. The van der Waals surface area contributed by atoms with Crippen LogP contribution >= 0.6 is 23.2 Å². The number of ether oxygens (including phenoxy) is 2. The summed E-state index contributed by atoms with van der Waals surface area (Å²) >= 11 is 12.4. The van der Waals surface area contributed by atoms with E-state index in [0.29, 0.717) is 41.2 Å². The van der Waals surface area contributed by atoms with Crippen LogP contribution in [0.15, 0.2) is 36.4 Å². The molecule has 0 fully saturated rings. The zero-order valence-electron chi connectivity index (χ0n) is 14.4. The van der Waals surface area contributed by atoms with Crippen molar-refractivity contribution in [2.24, 2.45) is 0 Å². The highest BCUT2D eigenvalue weighted by Crippen LogP contribution is 2.31. The molecule has 0 aliphatic carbocycles. The van der Waals surface area contributed by atoms with Gasteiger partial charge in [0, 0.05) is 28.7 Å². The van der Waals surface area contributed by atoms with Gasteiger partial charge in [-0.1, -0.05) is 35.3 Å². The fraction of sp³-hybridized carbons (Fsp3) is 0.368. The van der Waals surface area contributed by atoms with Crippen LogP contribution in [0.4, 0.5) is 0 Å². The summed E-state index contributed by atoms with van der Waals surface area (Å²) in [5.74, 6) is 1.30. The maximum atomic E-state index is 9.31. The summed E-state index contributed by atoms with van der Waals surface area (Å²) in [6.45, 7) is 5.64. The van der Waals surface area contributed by atoms with Gasteiger partial charge in [0.2, 0.25) is 0 Å². The molecule has 25 heavy (non-hydrogen) atoms. The number of hydrogen-bond donors (Lipinski definition) is 2. The molecule has 2 aromatic rings. The maximum Gasteiger partial charge on any atom is 0.161 e. The Morgan fingerprint density at radius 2 is 1.80 bits per heavy atom. The predicted molar refractivity (Wildman–Crippen MR) is 102 cm³/mol. The average molecular weight is 384 g/mol. The van der Waals surface area contributed by atoms with Crippen molar-refractivity contribution in [2.75, 3.05) is 13.2 Å². The van der Waals surface area contributed by atoms with Gasteiger partial charge in [-0.25, -0.2) is 0 Å². The summed E-state index contributed by atoms with van der Waals surface area (Å²) in [4.78, 5) is 0. The Labute approximate surface area is 158 Å². The zero-order valence-corrected chi connectivity index (χ0v) is 15.9. The Bertz CT molecular complexity index is 672. The predicted octanol–water partition coefficient (Wildman–Crippen LogP) is 4.44. The first kappa shape index (κ1) is 19.9. The van der Waals surface area contributed by atoms with Crippen molar-refractivity contribution >= 4 is 23.2 Å². The molecule has 0 saturated carbocycles. The molecule has 0 bridgehead atoms. The molecular weight excluding hydrogens is 361 g/mol. The van der Waals surface area contributed by atoms with E-state index in [-0.39, 0.29) is 12.7 Å². The van der Waals surface area contributed by atoms with Crippen LogP contribution in [-0.4, -0.2) is 24.4 Å². The molecular formula is C19H23Cl2NO3. The van der Waals surface area contributed by atoms with Gasteiger partial charge >= 0.3 is 0 Å². The monoisotopic (exact) mass is 383 g/mol. The van der Waals surface area contributed by atoms with Crippen LogP contribution in [0.5, 0.6) is 11.5 Å². The van der Waals surface area contributed by atoms with Crippen LogP contribution in [0, 0.1) is 0 Å². The van der Waals surface area contributed by atoms with E-state index < -0.39 is 0 Å². The van der Waals surface area contributed by atoms with E-state index in [9.17, 15) is 5.11 Å². The smallest absolute Gasteiger partial charge is 0.161 e. The van der Waals surface area contributed by atoms with E-state index in [1.165, 1.54) is 0 Å². The third-order valence-corrected chi connectivity index (χ3v) is 4.22. The molecule has 0 radical (unpaired) electrons. The van der Waals surface area contributed by atoms with Gasteiger partial charge in [0.1, 0.15) is 6.61 Å². The Hall–Kier alpha value is -1.46. The number of aliphatic hydroxyl groups excluding tert-OH is 1. The Morgan fingerprint density at radius 3 is 2.44 bits per heavy atom. The summed E-state index contributed by atoms with van der Waals surface area (Å²) in [7, 11) is 0. The molecule has 0 amide bonds. The van der Waals surface area contributed by atoms with Crippen molar-refractivity contribution in [2.45, 2.75) is 33.1 Å². The number of rotatable bonds is 9. The van der Waals surface area contributed by atoms with Crippen LogP contribution in [-0.2, 0) is 13.2 Å². The number of hydrogen-bond acceptors (Lipinski definition) is 4. The first-order valence-electron chi connectivity index (χ1n) is 8.21. The van der Waals surface area contributed by atoms with E-state index in [1.807, 2.05) is 25.1 Å². The molecule has 1 atom stereocenters. The largest absolute Gasteiger partial charge is 0.490 e. The number of aliphatic hydroxyl groups is 1. The third-order valence-electron chi connectivity index (χ3n) is 3.51. The van der Waals surface area contributed by atoms with Gasteiger partial charge in [0.25, 0.3) is 0 Å². The lowest BCUT2D eigenvalue weighted by Gasteiger charge is -2.15. The van der Waals surface area contributed by atoms with Gasteiger partial charge < -0.3 is 19.9 Å². The van der Waals surface area contributed by atoms with Crippen molar-refractivity contribution in [1.82, 2.24) is 5.32 Å². The van der Waals surface area contributed by atoms with E-state index in [4.69, 9.17) is 32.7 Å². The van der Waals surface area contributed by atoms with E-state index >= 15 is 0 Å². The van der Waals surface area contributed by atoms with Gasteiger partial charge in [0.15, 0.2) is 11.5 Å². The summed E-state index contributed by atoms with van der Waals surface area (Å²) < 4.78 is 11.6. The molecule has 0 heterocycles. The van der Waals surface area contributed by atoms with Gasteiger partial charge in [-0.15, -0.1) is 0 Å². The van der Waals surface area contributed by atoms with Gasteiger partial charge in [-0.05, 0) is 43.7 Å². The summed E-state index contributed by atoms with van der Waals surface area (Å²) in [6, 6.07) is 11.1. The van der Waals surface area contributed by atoms with Gasteiger partial charge in [0.05, 0.1) is 12.7 Å². The standard InChI is InChI=1S/C19H23Cl2NO3/c1-3-24-19-9-14(11-22-10-13(2)23)7-8-18(19)25-12-15-16(20)5-4-6-17(15)21/h4-9,13,22-23H,3,10-12H2,1-2H3. The second-order valence-corrected chi connectivity index (χ2v) is 6.50. The molecule has 0 spiro atoms. The average Bonchev–Trinajstić information content (AvgIpc) is 2.56. The molecule has 0 aliphatic heterocycles. The first-order chi connectivity index (χ1) is 12.0. The van der Waals surface area contributed by atoms with Crippen LogP contribution in [0.2, 0.25) is 10.0 Å². The van der Waals surface area contributed by atoms with Crippen LogP contribution in [0.25, 0.3) is 0 Å². The molecule has 0 aromatic heterocycles. The Kier molecular flexibility index (Phi) is 7.85. The van der Waals surface area contributed by atoms with E-state index in [2.05, 4.69) is 5.32 Å². The number of benzene rings is 2. The molecule has 2 rings (SSSR count). The minimum Gasteiger partial charge on any atom is -0.490 e. The summed E-state index contributed by atoms with van der Waals surface area (Å²) in [6.07, 6.45) is -0.380. The quantitative estimate of drug-likeness (QED) is 0.671. The molecule has 2 N–H and O–H groups in total. The van der Waals surface area contributed by atoms with Crippen molar-refractivity contribution in [3.8, 4) is 11.5 Å². The highest BCUT2D eigenvalue weighted by Gasteiger charge is 2.10. The lowest BCUT2D eigenvalue weighted by Crippen LogP contribution is -2.23. The molecule has 0 aliphatic rings. The normalized spacial score (nSPS) is 12.0. The van der Waals surface area contributed by atoms with Crippen LogP contribution in [0.3, 0.4) is 0 Å². The van der Waals surface area contributed by atoms with Crippen LogP contribution < -0.4 is 14.8 Å². The van der Waals surface area contributed by atoms with Crippen molar-refractivity contribution < 1.29 is 14.6 Å². The molecule has 0 saturated heterocycles. The van der Waals surface area contributed by atoms with Gasteiger partial charge in [-0.2, -0.15) is 0 Å². The topological polar surface area (TPSA) is 50.7 Å². The number of halogens is 2. The molecule has 6 heteroatoms. The Balaban J connectivity index is 2.08. The SMILES string of the molecule is CCOc1cc(CNCC(C)O)ccc1OCc1c(Cl)cccc1Cl. The minimum atomic E-state index is -0.380. The highest BCUT2D eigenvalue weighted by atomic mass is 35.5. The Morgan fingerprint density at radius 1 is 1.08 bits per heavy atom. The lowest BCUT2D eigenvalue weighted by atomic mass is 10.2. The van der Waals surface area contributed by atoms with Crippen molar-refractivity contribution in [3.63, 3.8) is 0 Å². The highest BCUT2D eigenvalue weighted by molar-refractivity contribution is 6.35. The second kappa shape index (κ2) is 9.88. The van der Waals surface area contributed by atoms with Crippen molar-refractivity contribution in [1.29, 1.82) is 0 Å². The molecule has 4 nitrogen and oxygen atoms in total. The lowest BCUT2D eigenvalue weighted by molar-refractivity contribution is 0.191. The van der Waals surface area contributed by atoms with E-state index in [0.717, 1.165) is 11.1 Å². The third kappa shape index (κ3) is 6.08. The molecule has 136 valence electrons. The fourth-order valence-electron chi connectivity index (χ4n) is 2.30. The second-order valence-electron chi connectivity index (χ2n) is 5.68. The fourth-order valence-corrected chi connectivity index (χ4v) is 2.80. The summed E-state index contributed by atoms with van der Waals surface area (Å²) in [5, 5.41) is 13.6. The molecule has 1 unspecified atom stereocenters. The molecule has 2 aromatic carbocycles. The summed E-state index contributed by atoms with van der Waals surface area (Å²) in [5.41, 5.74) is 1.79. The van der Waals surface area contributed by atoms with Gasteiger partial charge in [-0.3, -0.25) is 0 Å².